The maximum Gasteiger partial charge on any atom is 0.130 e. The van der Waals surface area contributed by atoms with Gasteiger partial charge in [0.25, 0.3) is 0 Å². The van der Waals surface area contributed by atoms with E-state index in [9.17, 15) is 4.39 Å². The van der Waals surface area contributed by atoms with Crippen molar-refractivity contribution in [2.75, 3.05) is 6.54 Å². The summed E-state index contributed by atoms with van der Waals surface area (Å²) >= 11 is 0. The Labute approximate surface area is 159 Å². The van der Waals surface area contributed by atoms with Gasteiger partial charge in [0.05, 0.1) is 12.2 Å². The van der Waals surface area contributed by atoms with E-state index in [1.54, 1.807) is 18.3 Å². The lowest BCUT2D eigenvalue weighted by Crippen LogP contribution is -2.18. The summed E-state index contributed by atoms with van der Waals surface area (Å²) in [6.45, 7) is 3.06. The van der Waals surface area contributed by atoms with E-state index in [0.29, 0.717) is 13.2 Å². The molecule has 0 aliphatic rings. The number of benzene rings is 2. The molecule has 27 heavy (non-hydrogen) atoms. The monoisotopic (exact) mass is 360 g/mol. The van der Waals surface area contributed by atoms with Gasteiger partial charge >= 0.3 is 0 Å². The van der Waals surface area contributed by atoms with Crippen LogP contribution in [-0.4, -0.2) is 11.5 Å². The van der Waals surface area contributed by atoms with Gasteiger partial charge in [0, 0.05) is 17.8 Å². The topological polar surface area (TPSA) is 34.1 Å². The number of hydrogen-bond donors (Lipinski definition) is 1. The molecular weight excluding hydrogens is 339 g/mol. The standard InChI is InChI=1S/C23H21FN2O/c1-18(25-15-5-6-19-10-12-21(24)13-11-19)20-7-4-9-23(16-20)27-17-22-8-2-3-14-26-22/h2-4,7-14,16,18,25H,15,17H2,1H3. The second-order valence-electron chi connectivity index (χ2n) is 6.09. The Morgan fingerprint density at radius 1 is 1.07 bits per heavy atom. The molecule has 0 amide bonds. The molecule has 0 saturated heterocycles. The van der Waals surface area contributed by atoms with E-state index in [-0.39, 0.29) is 11.9 Å². The highest BCUT2D eigenvalue weighted by Crippen LogP contribution is 2.19. The molecule has 3 rings (SSSR count). The first-order valence-electron chi connectivity index (χ1n) is 8.81. The summed E-state index contributed by atoms with van der Waals surface area (Å²) in [5.41, 5.74) is 2.82. The molecule has 1 aromatic heterocycles. The van der Waals surface area contributed by atoms with Crippen LogP contribution >= 0.6 is 0 Å². The number of nitrogens with one attached hydrogen (secondary N) is 1. The van der Waals surface area contributed by atoms with Gasteiger partial charge in [-0.1, -0.05) is 30.0 Å². The molecule has 0 radical (unpaired) electrons. The van der Waals surface area contributed by atoms with Crippen LogP contribution in [0.4, 0.5) is 4.39 Å². The average Bonchev–Trinajstić information content (AvgIpc) is 2.72. The van der Waals surface area contributed by atoms with Crippen molar-refractivity contribution in [3.63, 3.8) is 0 Å². The second-order valence-corrected chi connectivity index (χ2v) is 6.09. The van der Waals surface area contributed by atoms with Crippen molar-refractivity contribution in [2.45, 2.75) is 19.6 Å². The van der Waals surface area contributed by atoms with Gasteiger partial charge in [0.1, 0.15) is 18.2 Å². The van der Waals surface area contributed by atoms with Crippen molar-refractivity contribution in [1.29, 1.82) is 0 Å². The molecule has 3 nitrogen and oxygen atoms in total. The van der Waals surface area contributed by atoms with E-state index in [4.69, 9.17) is 4.74 Å². The fraction of sp³-hybridized carbons (Fsp3) is 0.174. The molecular formula is C23H21FN2O. The fourth-order valence-electron chi connectivity index (χ4n) is 2.52. The van der Waals surface area contributed by atoms with E-state index < -0.39 is 0 Å². The van der Waals surface area contributed by atoms with Crippen LogP contribution in [0.3, 0.4) is 0 Å². The molecule has 2 aromatic carbocycles. The summed E-state index contributed by atoms with van der Waals surface area (Å²) < 4.78 is 18.7. The molecule has 0 fully saturated rings. The molecule has 1 atom stereocenters. The molecule has 0 aliphatic heterocycles. The Bertz CT molecular complexity index is 914. The number of rotatable bonds is 6. The van der Waals surface area contributed by atoms with Gasteiger partial charge in [-0.3, -0.25) is 10.3 Å². The summed E-state index contributed by atoms with van der Waals surface area (Å²) in [5, 5.41) is 3.37. The highest BCUT2D eigenvalue weighted by atomic mass is 19.1. The van der Waals surface area contributed by atoms with E-state index in [1.165, 1.54) is 12.1 Å². The van der Waals surface area contributed by atoms with Crippen LogP contribution < -0.4 is 10.1 Å². The van der Waals surface area contributed by atoms with Gasteiger partial charge in [-0.2, -0.15) is 0 Å². The number of aromatic nitrogens is 1. The molecule has 1 unspecified atom stereocenters. The zero-order valence-corrected chi connectivity index (χ0v) is 15.2. The first-order chi connectivity index (χ1) is 13.2. The minimum absolute atomic E-state index is 0.130. The molecule has 0 aliphatic carbocycles. The lowest BCUT2D eigenvalue weighted by atomic mass is 10.1. The molecule has 0 bridgehead atoms. The Morgan fingerprint density at radius 2 is 1.93 bits per heavy atom. The molecule has 0 saturated carbocycles. The summed E-state index contributed by atoms with van der Waals surface area (Å²) in [6.07, 6.45) is 1.76. The quantitative estimate of drug-likeness (QED) is 0.657. The molecule has 4 heteroatoms. The van der Waals surface area contributed by atoms with Crippen molar-refractivity contribution in [3.8, 4) is 17.6 Å². The Kier molecular flexibility index (Phi) is 6.56. The zero-order chi connectivity index (χ0) is 18.9. The van der Waals surface area contributed by atoms with E-state index in [2.05, 4.69) is 35.1 Å². The Morgan fingerprint density at radius 3 is 2.70 bits per heavy atom. The molecule has 3 aromatic rings. The normalized spacial score (nSPS) is 11.3. The van der Waals surface area contributed by atoms with Gasteiger partial charge in [0.15, 0.2) is 0 Å². The predicted octanol–water partition coefficient (Wildman–Crippen LogP) is 4.50. The van der Waals surface area contributed by atoms with E-state index >= 15 is 0 Å². The van der Waals surface area contributed by atoms with Gasteiger partial charge in [-0.25, -0.2) is 4.39 Å². The van der Waals surface area contributed by atoms with Crippen LogP contribution in [-0.2, 0) is 6.61 Å². The first-order valence-corrected chi connectivity index (χ1v) is 8.81. The van der Waals surface area contributed by atoms with E-state index in [0.717, 1.165) is 22.6 Å². The van der Waals surface area contributed by atoms with Gasteiger partial charge in [-0.15, -0.1) is 0 Å². The molecule has 0 spiro atoms. The molecule has 136 valence electrons. The van der Waals surface area contributed by atoms with E-state index in [1.807, 2.05) is 36.4 Å². The third-order valence-corrected chi connectivity index (χ3v) is 4.04. The van der Waals surface area contributed by atoms with Crippen molar-refractivity contribution < 1.29 is 9.13 Å². The summed E-state index contributed by atoms with van der Waals surface area (Å²) in [5.74, 6) is 6.63. The predicted molar refractivity (Wildman–Crippen MR) is 105 cm³/mol. The van der Waals surface area contributed by atoms with Crippen molar-refractivity contribution in [1.82, 2.24) is 10.3 Å². The third kappa shape index (κ3) is 5.95. The summed E-state index contributed by atoms with van der Waals surface area (Å²) in [6, 6.07) is 20.1. The Balaban J connectivity index is 1.52. The maximum atomic E-state index is 12.9. The van der Waals surface area contributed by atoms with Crippen molar-refractivity contribution in [2.24, 2.45) is 0 Å². The minimum atomic E-state index is -0.252. The van der Waals surface area contributed by atoms with Gasteiger partial charge in [0.2, 0.25) is 0 Å². The zero-order valence-electron chi connectivity index (χ0n) is 15.2. The van der Waals surface area contributed by atoms with Crippen LogP contribution in [0, 0.1) is 17.7 Å². The average molecular weight is 360 g/mol. The highest BCUT2D eigenvalue weighted by molar-refractivity contribution is 5.34. The van der Waals surface area contributed by atoms with Crippen molar-refractivity contribution in [3.05, 3.63) is 95.6 Å². The fourth-order valence-corrected chi connectivity index (χ4v) is 2.52. The highest BCUT2D eigenvalue weighted by Gasteiger charge is 2.05. The Hall–Kier alpha value is -3.16. The first kappa shape index (κ1) is 18.6. The number of halogens is 1. The number of pyridine rings is 1. The van der Waals surface area contributed by atoms with Gasteiger partial charge < -0.3 is 4.74 Å². The third-order valence-electron chi connectivity index (χ3n) is 4.04. The second kappa shape index (κ2) is 9.51. The number of hydrogen-bond acceptors (Lipinski definition) is 3. The van der Waals surface area contributed by atoms with Crippen LogP contribution in [0.2, 0.25) is 0 Å². The lowest BCUT2D eigenvalue weighted by Gasteiger charge is -2.14. The molecule has 1 heterocycles. The minimum Gasteiger partial charge on any atom is -0.487 e. The molecule has 1 N–H and O–H groups in total. The summed E-state index contributed by atoms with van der Waals surface area (Å²) in [4.78, 5) is 4.26. The summed E-state index contributed by atoms with van der Waals surface area (Å²) in [7, 11) is 0. The number of nitrogens with zero attached hydrogens (tertiary/aromatic N) is 1. The van der Waals surface area contributed by atoms with Crippen LogP contribution in [0.25, 0.3) is 0 Å². The lowest BCUT2D eigenvalue weighted by molar-refractivity contribution is 0.301. The number of ether oxygens (including phenoxy) is 1. The van der Waals surface area contributed by atoms with Crippen LogP contribution in [0.5, 0.6) is 5.75 Å². The van der Waals surface area contributed by atoms with Gasteiger partial charge in [-0.05, 0) is 61.0 Å². The van der Waals surface area contributed by atoms with Crippen LogP contribution in [0.1, 0.15) is 29.8 Å². The maximum absolute atomic E-state index is 12.9. The van der Waals surface area contributed by atoms with Crippen molar-refractivity contribution >= 4 is 0 Å². The largest absolute Gasteiger partial charge is 0.487 e. The van der Waals surface area contributed by atoms with Crippen LogP contribution in [0.15, 0.2) is 72.9 Å². The SMILES string of the molecule is CC(NCC#Cc1ccc(F)cc1)c1cccc(OCc2ccccn2)c1. The smallest absolute Gasteiger partial charge is 0.130 e.